The van der Waals surface area contributed by atoms with Crippen LogP contribution in [0.1, 0.15) is 13.3 Å². The maximum Gasteiger partial charge on any atom is 0.143 e. The second-order valence-corrected chi connectivity index (χ2v) is 3.78. The first-order valence-corrected chi connectivity index (χ1v) is 5.36. The van der Waals surface area contributed by atoms with E-state index >= 15 is 0 Å². The van der Waals surface area contributed by atoms with Crippen molar-refractivity contribution in [1.29, 1.82) is 0 Å². The van der Waals surface area contributed by atoms with Crippen LogP contribution < -0.4 is 15.8 Å². The highest BCUT2D eigenvalue weighted by atomic mass is 16.5. The normalized spacial score (nSPS) is 12.2. The summed E-state index contributed by atoms with van der Waals surface area (Å²) in [6.07, 6.45) is 0.961. The number of rotatable bonds is 6. The summed E-state index contributed by atoms with van der Waals surface area (Å²) in [5.41, 5.74) is 7.40. The summed E-state index contributed by atoms with van der Waals surface area (Å²) in [7, 11) is 3.32. The lowest BCUT2D eigenvalue weighted by Crippen LogP contribution is -2.17. The van der Waals surface area contributed by atoms with Crippen molar-refractivity contribution in [3.05, 3.63) is 18.2 Å². The van der Waals surface area contributed by atoms with E-state index in [2.05, 4.69) is 12.2 Å². The molecule has 1 unspecified atom stereocenters. The quantitative estimate of drug-likeness (QED) is 0.727. The minimum atomic E-state index is 0.355. The van der Waals surface area contributed by atoms with Crippen LogP contribution in [0.3, 0.4) is 0 Å². The van der Waals surface area contributed by atoms with Gasteiger partial charge in [0.25, 0.3) is 0 Å². The summed E-state index contributed by atoms with van der Waals surface area (Å²) in [5.74, 6) is 0.698. The van der Waals surface area contributed by atoms with E-state index in [-0.39, 0.29) is 0 Å². The predicted molar refractivity (Wildman–Crippen MR) is 67.0 cm³/mol. The van der Waals surface area contributed by atoms with Gasteiger partial charge in [-0.05, 0) is 25.5 Å². The van der Waals surface area contributed by atoms with Gasteiger partial charge in [0.1, 0.15) is 5.75 Å². The number of hydrogen-bond donors (Lipinski definition) is 2. The van der Waals surface area contributed by atoms with Crippen LogP contribution in [0.4, 0.5) is 11.4 Å². The Labute approximate surface area is 96.7 Å². The van der Waals surface area contributed by atoms with Crippen LogP contribution in [0, 0.1) is 0 Å². The lowest BCUT2D eigenvalue weighted by molar-refractivity contribution is 0.191. The van der Waals surface area contributed by atoms with E-state index < -0.39 is 0 Å². The number of nitrogen functional groups attached to an aromatic ring is 1. The first-order valence-electron chi connectivity index (χ1n) is 5.36. The molecule has 0 aromatic heterocycles. The SMILES string of the molecule is COCCC(C)Nc1ccc(N)c(OC)c1. The van der Waals surface area contributed by atoms with Crippen LogP contribution in [0.15, 0.2) is 18.2 Å². The Balaban J connectivity index is 2.59. The smallest absolute Gasteiger partial charge is 0.143 e. The predicted octanol–water partition coefficient (Wildman–Crippen LogP) is 2.11. The van der Waals surface area contributed by atoms with Gasteiger partial charge in [-0.2, -0.15) is 0 Å². The van der Waals surface area contributed by atoms with Gasteiger partial charge < -0.3 is 20.5 Å². The molecule has 0 heterocycles. The molecular formula is C12H20N2O2. The number of nitrogens with one attached hydrogen (secondary N) is 1. The molecule has 1 atom stereocenters. The molecule has 1 aromatic carbocycles. The van der Waals surface area contributed by atoms with Gasteiger partial charge in [-0.1, -0.05) is 0 Å². The Kier molecular flexibility index (Phi) is 4.92. The van der Waals surface area contributed by atoms with E-state index in [1.54, 1.807) is 14.2 Å². The van der Waals surface area contributed by atoms with Crippen molar-refractivity contribution in [1.82, 2.24) is 0 Å². The van der Waals surface area contributed by atoms with Gasteiger partial charge >= 0.3 is 0 Å². The van der Waals surface area contributed by atoms with Gasteiger partial charge in [0.15, 0.2) is 0 Å². The topological polar surface area (TPSA) is 56.5 Å². The summed E-state index contributed by atoms with van der Waals surface area (Å²) in [5, 5.41) is 3.36. The Bertz CT molecular complexity index is 329. The van der Waals surface area contributed by atoms with Crippen molar-refractivity contribution >= 4 is 11.4 Å². The summed E-state index contributed by atoms with van der Waals surface area (Å²) in [6.45, 7) is 2.86. The molecule has 0 radical (unpaired) electrons. The highest BCUT2D eigenvalue weighted by Crippen LogP contribution is 2.25. The molecule has 1 rings (SSSR count). The highest BCUT2D eigenvalue weighted by Gasteiger charge is 2.04. The minimum Gasteiger partial charge on any atom is -0.495 e. The average molecular weight is 224 g/mol. The molecule has 3 N–H and O–H groups in total. The summed E-state index contributed by atoms with van der Waals surface area (Å²) < 4.78 is 10.2. The lowest BCUT2D eigenvalue weighted by atomic mass is 10.2. The zero-order valence-corrected chi connectivity index (χ0v) is 10.1. The standard InChI is InChI=1S/C12H20N2O2/c1-9(6-7-15-2)14-10-4-5-11(13)12(8-10)16-3/h4-5,8-9,14H,6-7,13H2,1-3H3. The van der Waals surface area contributed by atoms with E-state index in [9.17, 15) is 0 Å². The van der Waals surface area contributed by atoms with Crippen LogP contribution >= 0.6 is 0 Å². The van der Waals surface area contributed by atoms with Gasteiger partial charge in [0.2, 0.25) is 0 Å². The van der Waals surface area contributed by atoms with Crippen molar-refractivity contribution in [3.63, 3.8) is 0 Å². The van der Waals surface area contributed by atoms with Gasteiger partial charge in [-0.3, -0.25) is 0 Å². The third kappa shape index (κ3) is 3.62. The van der Waals surface area contributed by atoms with Crippen LogP contribution in [0.5, 0.6) is 5.75 Å². The fourth-order valence-electron chi connectivity index (χ4n) is 1.45. The third-order valence-electron chi connectivity index (χ3n) is 2.40. The van der Waals surface area contributed by atoms with Gasteiger partial charge in [-0.25, -0.2) is 0 Å². The molecule has 90 valence electrons. The molecule has 0 bridgehead atoms. The molecular weight excluding hydrogens is 204 g/mol. The van der Waals surface area contributed by atoms with E-state index in [1.807, 2.05) is 18.2 Å². The molecule has 0 aliphatic rings. The third-order valence-corrected chi connectivity index (χ3v) is 2.40. The molecule has 1 aromatic rings. The molecule has 0 spiro atoms. The fourth-order valence-corrected chi connectivity index (χ4v) is 1.45. The van der Waals surface area contributed by atoms with E-state index in [0.717, 1.165) is 18.7 Å². The second-order valence-electron chi connectivity index (χ2n) is 3.78. The van der Waals surface area contributed by atoms with E-state index in [1.165, 1.54) is 0 Å². The first-order chi connectivity index (χ1) is 7.67. The number of hydrogen-bond acceptors (Lipinski definition) is 4. The zero-order valence-electron chi connectivity index (χ0n) is 10.1. The Morgan fingerprint density at radius 2 is 2.12 bits per heavy atom. The van der Waals surface area contributed by atoms with Crippen LogP contribution in [-0.2, 0) is 4.74 Å². The van der Waals surface area contributed by atoms with Crippen molar-refractivity contribution in [3.8, 4) is 5.75 Å². The Hall–Kier alpha value is -1.42. The summed E-state index contributed by atoms with van der Waals surface area (Å²) >= 11 is 0. The Morgan fingerprint density at radius 1 is 1.38 bits per heavy atom. The highest BCUT2D eigenvalue weighted by molar-refractivity contribution is 5.61. The van der Waals surface area contributed by atoms with Crippen LogP contribution in [-0.4, -0.2) is 26.9 Å². The second kappa shape index (κ2) is 6.23. The number of ether oxygens (including phenoxy) is 2. The molecule has 4 heteroatoms. The molecule has 0 aliphatic heterocycles. The van der Waals surface area contributed by atoms with Crippen molar-refractivity contribution < 1.29 is 9.47 Å². The van der Waals surface area contributed by atoms with Crippen molar-refractivity contribution in [2.75, 3.05) is 31.9 Å². The van der Waals surface area contributed by atoms with Crippen LogP contribution in [0.25, 0.3) is 0 Å². The van der Waals surface area contributed by atoms with Gasteiger partial charge in [-0.15, -0.1) is 0 Å². The minimum absolute atomic E-state index is 0.355. The van der Waals surface area contributed by atoms with E-state index in [0.29, 0.717) is 17.5 Å². The van der Waals surface area contributed by atoms with Crippen LogP contribution in [0.2, 0.25) is 0 Å². The summed E-state index contributed by atoms with van der Waals surface area (Å²) in [6, 6.07) is 6.04. The maximum absolute atomic E-state index is 5.74. The molecule has 0 aliphatic carbocycles. The average Bonchev–Trinajstić information content (AvgIpc) is 2.29. The van der Waals surface area contributed by atoms with Gasteiger partial charge in [0, 0.05) is 31.5 Å². The van der Waals surface area contributed by atoms with Crippen molar-refractivity contribution in [2.45, 2.75) is 19.4 Å². The van der Waals surface area contributed by atoms with Gasteiger partial charge in [0.05, 0.1) is 12.8 Å². The zero-order chi connectivity index (χ0) is 12.0. The summed E-state index contributed by atoms with van der Waals surface area (Å²) in [4.78, 5) is 0. The number of anilines is 2. The number of benzene rings is 1. The number of nitrogens with two attached hydrogens (primary N) is 1. The fraction of sp³-hybridized carbons (Fsp3) is 0.500. The first kappa shape index (κ1) is 12.6. The van der Waals surface area contributed by atoms with Crippen molar-refractivity contribution in [2.24, 2.45) is 0 Å². The lowest BCUT2D eigenvalue weighted by Gasteiger charge is -2.16. The molecule has 4 nitrogen and oxygen atoms in total. The maximum atomic E-state index is 5.74. The molecule has 16 heavy (non-hydrogen) atoms. The molecule has 0 saturated heterocycles. The molecule has 0 amide bonds. The molecule has 0 fully saturated rings. The monoisotopic (exact) mass is 224 g/mol. The number of methoxy groups -OCH3 is 2. The van der Waals surface area contributed by atoms with E-state index in [4.69, 9.17) is 15.2 Å². The Morgan fingerprint density at radius 3 is 2.75 bits per heavy atom. The largest absolute Gasteiger partial charge is 0.495 e. The molecule has 0 saturated carbocycles.